The Morgan fingerprint density at radius 3 is 2.85 bits per heavy atom. The van der Waals surface area contributed by atoms with Gasteiger partial charge in [0.1, 0.15) is 0 Å². The first-order valence-electron chi connectivity index (χ1n) is 9.99. The summed E-state index contributed by atoms with van der Waals surface area (Å²) in [5.41, 5.74) is 1.10. The molecule has 2 heterocycles. The van der Waals surface area contributed by atoms with Crippen molar-refractivity contribution in [2.24, 2.45) is 17.8 Å². The number of carbonyl (C=O) groups excluding carboxylic acids is 1. The Morgan fingerprint density at radius 1 is 1.27 bits per heavy atom. The van der Waals surface area contributed by atoms with Gasteiger partial charge in [-0.3, -0.25) is 4.98 Å². The third-order valence-corrected chi connectivity index (χ3v) is 6.15. The first-order valence-corrected chi connectivity index (χ1v) is 9.99. The Kier molecular flexibility index (Phi) is 5.54. The van der Waals surface area contributed by atoms with E-state index >= 15 is 0 Å². The third kappa shape index (κ3) is 4.26. The number of piperidine rings is 1. The SMILES string of the molecule is O=C(NCCC1CC2C=CC1C2)N1CCC(OCc2cccnc2)CC1. The van der Waals surface area contributed by atoms with Gasteiger partial charge in [0, 0.05) is 32.0 Å². The molecule has 1 saturated heterocycles. The van der Waals surface area contributed by atoms with Crippen molar-refractivity contribution in [3.63, 3.8) is 0 Å². The molecule has 2 bridgehead atoms. The highest BCUT2D eigenvalue weighted by Crippen LogP contribution is 2.44. The number of amides is 2. The highest BCUT2D eigenvalue weighted by molar-refractivity contribution is 5.74. The average Bonchev–Trinajstić information content (AvgIpc) is 3.31. The maximum atomic E-state index is 12.4. The first-order chi connectivity index (χ1) is 12.8. The number of ether oxygens (including phenoxy) is 1. The molecule has 1 aromatic heterocycles. The summed E-state index contributed by atoms with van der Waals surface area (Å²) in [6.07, 6.45) is 14.2. The monoisotopic (exact) mass is 355 g/mol. The van der Waals surface area contributed by atoms with Crippen LogP contribution in [0.4, 0.5) is 4.79 Å². The molecule has 0 aromatic carbocycles. The average molecular weight is 355 g/mol. The quantitative estimate of drug-likeness (QED) is 0.796. The summed E-state index contributed by atoms with van der Waals surface area (Å²) < 4.78 is 5.97. The van der Waals surface area contributed by atoms with Crippen LogP contribution in [0.5, 0.6) is 0 Å². The number of carbonyl (C=O) groups is 1. The van der Waals surface area contributed by atoms with Crippen LogP contribution in [0, 0.1) is 17.8 Å². The summed E-state index contributed by atoms with van der Waals surface area (Å²) in [6.45, 7) is 2.96. The Labute approximate surface area is 155 Å². The van der Waals surface area contributed by atoms with Crippen molar-refractivity contribution in [3.05, 3.63) is 42.2 Å². The lowest BCUT2D eigenvalue weighted by molar-refractivity contribution is 0.00435. The third-order valence-electron chi connectivity index (χ3n) is 6.15. The molecular formula is C21H29N3O2. The second-order valence-corrected chi connectivity index (χ2v) is 7.92. The molecule has 2 fully saturated rings. The van der Waals surface area contributed by atoms with Crippen molar-refractivity contribution < 1.29 is 9.53 Å². The van der Waals surface area contributed by atoms with E-state index in [1.165, 1.54) is 12.8 Å². The topological polar surface area (TPSA) is 54.5 Å². The Bertz CT molecular complexity index is 625. The summed E-state index contributed by atoms with van der Waals surface area (Å²) in [4.78, 5) is 18.4. The number of hydrogen-bond donors (Lipinski definition) is 1. The Morgan fingerprint density at radius 2 is 2.15 bits per heavy atom. The lowest BCUT2D eigenvalue weighted by Crippen LogP contribution is -2.46. The Hall–Kier alpha value is -1.88. The number of likely N-dealkylation sites (tertiary alicyclic amines) is 1. The van der Waals surface area contributed by atoms with Gasteiger partial charge in [0.05, 0.1) is 12.7 Å². The van der Waals surface area contributed by atoms with E-state index in [4.69, 9.17) is 4.74 Å². The number of allylic oxidation sites excluding steroid dienone is 2. The van der Waals surface area contributed by atoms with Gasteiger partial charge in [0.2, 0.25) is 0 Å². The van der Waals surface area contributed by atoms with E-state index < -0.39 is 0 Å². The molecule has 2 aliphatic carbocycles. The number of rotatable bonds is 6. The molecule has 1 N–H and O–H groups in total. The van der Waals surface area contributed by atoms with E-state index in [9.17, 15) is 4.79 Å². The van der Waals surface area contributed by atoms with Gasteiger partial charge in [-0.1, -0.05) is 18.2 Å². The summed E-state index contributed by atoms with van der Waals surface area (Å²) in [5, 5.41) is 3.13. The molecule has 1 saturated carbocycles. The van der Waals surface area contributed by atoms with Crippen LogP contribution >= 0.6 is 0 Å². The van der Waals surface area contributed by atoms with Crippen LogP contribution in [-0.2, 0) is 11.3 Å². The van der Waals surface area contributed by atoms with Crippen LogP contribution in [0.2, 0.25) is 0 Å². The largest absolute Gasteiger partial charge is 0.373 e. The number of hydrogen-bond acceptors (Lipinski definition) is 3. The van der Waals surface area contributed by atoms with Gasteiger partial charge in [0.15, 0.2) is 0 Å². The summed E-state index contributed by atoms with van der Waals surface area (Å²) >= 11 is 0. The van der Waals surface area contributed by atoms with Crippen molar-refractivity contribution in [3.8, 4) is 0 Å². The molecule has 140 valence electrons. The van der Waals surface area contributed by atoms with Gasteiger partial charge in [-0.2, -0.15) is 0 Å². The van der Waals surface area contributed by atoms with Crippen molar-refractivity contribution in [1.82, 2.24) is 15.2 Å². The zero-order chi connectivity index (χ0) is 17.8. The van der Waals surface area contributed by atoms with E-state index in [2.05, 4.69) is 22.5 Å². The normalized spacial score (nSPS) is 27.8. The highest BCUT2D eigenvalue weighted by atomic mass is 16.5. The van der Waals surface area contributed by atoms with Crippen molar-refractivity contribution in [2.75, 3.05) is 19.6 Å². The lowest BCUT2D eigenvalue weighted by Gasteiger charge is -2.32. The molecule has 26 heavy (non-hydrogen) atoms. The zero-order valence-corrected chi connectivity index (χ0v) is 15.3. The van der Waals surface area contributed by atoms with Gasteiger partial charge >= 0.3 is 6.03 Å². The van der Waals surface area contributed by atoms with Crippen molar-refractivity contribution in [1.29, 1.82) is 0 Å². The lowest BCUT2D eigenvalue weighted by atomic mass is 9.91. The second-order valence-electron chi connectivity index (χ2n) is 7.92. The smallest absolute Gasteiger partial charge is 0.317 e. The predicted molar refractivity (Wildman–Crippen MR) is 100 cm³/mol. The minimum absolute atomic E-state index is 0.0920. The molecule has 4 rings (SSSR count). The fraction of sp³-hybridized carbons (Fsp3) is 0.619. The summed E-state index contributed by atoms with van der Waals surface area (Å²) in [5.74, 6) is 2.35. The molecule has 1 aliphatic heterocycles. The number of nitrogens with one attached hydrogen (secondary N) is 1. The van der Waals surface area contributed by atoms with Gasteiger partial charge in [-0.25, -0.2) is 4.79 Å². The van der Waals surface area contributed by atoms with Crippen LogP contribution in [-0.4, -0.2) is 41.7 Å². The summed E-state index contributed by atoms with van der Waals surface area (Å²) in [7, 11) is 0. The number of pyridine rings is 1. The molecular weight excluding hydrogens is 326 g/mol. The molecule has 1 aromatic rings. The van der Waals surface area contributed by atoms with E-state index in [1.54, 1.807) is 6.20 Å². The van der Waals surface area contributed by atoms with Crippen molar-refractivity contribution >= 4 is 6.03 Å². The van der Waals surface area contributed by atoms with E-state index in [0.717, 1.165) is 62.2 Å². The second kappa shape index (κ2) is 8.21. The molecule has 0 spiro atoms. The standard InChI is InChI=1S/C21H29N3O2/c25-21(23-9-5-19-13-16-3-4-18(19)12-16)24-10-6-20(7-11-24)26-15-17-2-1-8-22-14-17/h1-4,8,14,16,18-20H,5-7,9-13,15H2,(H,23,25). The van der Waals surface area contributed by atoms with Crippen molar-refractivity contribution in [2.45, 2.75) is 44.8 Å². The predicted octanol–water partition coefficient (Wildman–Crippen LogP) is 3.37. The van der Waals surface area contributed by atoms with Gasteiger partial charge < -0.3 is 15.0 Å². The number of aromatic nitrogens is 1. The van der Waals surface area contributed by atoms with E-state index in [0.29, 0.717) is 6.61 Å². The van der Waals surface area contributed by atoms with Crippen LogP contribution in [0.15, 0.2) is 36.7 Å². The van der Waals surface area contributed by atoms with Crippen LogP contribution in [0.3, 0.4) is 0 Å². The van der Waals surface area contributed by atoms with Gasteiger partial charge in [-0.05, 0) is 61.5 Å². The molecule has 5 nitrogen and oxygen atoms in total. The molecule has 3 unspecified atom stereocenters. The van der Waals surface area contributed by atoms with E-state index in [-0.39, 0.29) is 12.1 Å². The maximum Gasteiger partial charge on any atom is 0.317 e. The van der Waals surface area contributed by atoms with Crippen LogP contribution in [0.1, 0.15) is 37.7 Å². The summed E-state index contributed by atoms with van der Waals surface area (Å²) in [6, 6.07) is 4.05. The maximum absolute atomic E-state index is 12.4. The molecule has 3 aliphatic rings. The molecule has 3 atom stereocenters. The fourth-order valence-corrected chi connectivity index (χ4v) is 4.63. The minimum atomic E-state index is 0.0920. The highest BCUT2D eigenvalue weighted by Gasteiger charge is 2.35. The van der Waals surface area contributed by atoms with Gasteiger partial charge in [0.25, 0.3) is 0 Å². The van der Waals surface area contributed by atoms with Gasteiger partial charge in [-0.15, -0.1) is 0 Å². The minimum Gasteiger partial charge on any atom is -0.373 e. The number of urea groups is 1. The van der Waals surface area contributed by atoms with Crippen LogP contribution < -0.4 is 5.32 Å². The first kappa shape index (κ1) is 17.5. The number of nitrogens with zero attached hydrogens (tertiary/aromatic N) is 2. The molecule has 2 amide bonds. The molecule has 5 heteroatoms. The van der Waals surface area contributed by atoms with Crippen LogP contribution in [0.25, 0.3) is 0 Å². The number of fused-ring (bicyclic) bond motifs is 2. The fourth-order valence-electron chi connectivity index (χ4n) is 4.63. The molecule has 0 radical (unpaired) electrons. The zero-order valence-electron chi connectivity index (χ0n) is 15.3. The van der Waals surface area contributed by atoms with E-state index in [1.807, 2.05) is 23.2 Å². The Balaban J connectivity index is 1.12.